The fourth-order valence-electron chi connectivity index (χ4n) is 6.38. The molecule has 0 unspecified atom stereocenters. The zero-order chi connectivity index (χ0) is 34.2. The van der Waals surface area contributed by atoms with Crippen LogP contribution < -0.4 is 9.47 Å². The van der Waals surface area contributed by atoms with Crippen LogP contribution in [0.2, 0.25) is 0 Å². The summed E-state index contributed by atoms with van der Waals surface area (Å²) < 4.78 is 14.1. The van der Waals surface area contributed by atoms with Gasteiger partial charge in [0.25, 0.3) is 0 Å². The Morgan fingerprint density at radius 3 is 1.39 bits per heavy atom. The molecular weight excluding hydrogens is 603 g/mol. The summed E-state index contributed by atoms with van der Waals surface area (Å²) in [6, 6.07) is 24.8. The predicted molar refractivity (Wildman–Crippen MR) is 207 cm³/mol. The average Bonchev–Trinajstić information content (AvgIpc) is 3.59. The molecule has 0 radical (unpaired) electrons. The smallest absolute Gasteiger partial charge is 0.153 e. The number of nitrogens with zero attached hydrogens (tertiary/aromatic N) is 3. The van der Waals surface area contributed by atoms with Gasteiger partial charge in [-0.15, -0.1) is 0 Å². The Hall–Kier alpha value is -3.60. The average molecular weight is 666 g/mol. The Balaban J connectivity index is 1.24. The highest BCUT2D eigenvalue weighted by molar-refractivity contribution is 5.70. The molecule has 0 aliphatic rings. The quantitative estimate of drug-likeness (QED) is 0.0595. The molecule has 0 aliphatic carbocycles. The van der Waals surface area contributed by atoms with Crippen molar-refractivity contribution in [3.05, 3.63) is 79.0 Å². The number of benzene rings is 2. The van der Waals surface area contributed by atoms with Crippen LogP contribution >= 0.6 is 0 Å². The lowest BCUT2D eigenvalue weighted by Gasteiger charge is -2.09. The van der Waals surface area contributed by atoms with Gasteiger partial charge in [-0.3, -0.25) is 0 Å². The third kappa shape index (κ3) is 14.4. The fourth-order valence-corrected chi connectivity index (χ4v) is 6.38. The molecule has 2 heterocycles. The number of hydrogen-bond acceptors (Lipinski definition) is 4. The van der Waals surface area contributed by atoms with Gasteiger partial charge >= 0.3 is 0 Å². The Morgan fingerprint density at radius 1 is 0.490 bits per heavy atom. The molecule has 4 rings (SSSR count). The van der Waals surface area contributed by atoms with Gasteiger partial charge in [0.15, 0.2) is 5.82 Å². The third-order valence-corrected chi connectivity index (χ3v) is 9.41. The Kier molecular flexibility index (Phi) is 18.5. The van der Waals surface area contributed by atoms with E-state index in [4.69, 9.17) is 14.6 Å². The summed E-state index contributed by atoms with van der Waals surface area (Å²) in [5.41, 5.74) is 4.03. The maximum absolute atomic E-state index is 6.09. The van der Waals surface area contributed by atoms with Gasteiger partial charge in [-0.2, -0.15) is 5.10 Å². The summed E-state index contributed by atoms with van der Waals surface area (Å²) >= 11 is 0. The van der Waals surface area contributed by atoms with Crippen molar-refractivity contribution >= 4 is 0 Å². The van der Waals surface area contributed by atoms with Gasteiger partial charge < -0.3 is 9.47 Å². The standard InChI is InChI=1S/C44H63N3O2/c1-3-5-7-9-11-13-15-17-19-23-35-48-40-30-26-38(27-31-40)42-37-43(47(46-42)44-25-21-22-34-45-44)39-28-32-41(33-29-39)49-36-24-20-18-16-14-12-10-8-6-4-2/h21-22,25-34,37H,3-20,23-24,35-36H2,1-2H3. The molecule has 2 aromatic heterocycles. The van der Waals surface area contributed by atoms with E-state index in [1.807, 2.05) is 29.1 Å². The molecule has 266 valence electrons. The molecule has 0 amide bonds. The van der Waals surface area contributed by atoms with Gasteiger partial charge in [-0.25, -0.2) is 9.67 Å². The summed E-state index contributed by atoms with van der Waals surface area (Å²) in [5, 5.41) is 5.00. The first-order valence-electron chi connectivity index (χ1n) is 19.8. The van der Waals surface area contributed by atoms with Gasteiger partial charge in [0.05, 0.1) is 24.6 Å². The van der Waals surface area contributed by atoms with Crippen molar-refractivity contribution in [1.82, 2.24) is 14.8 Å². The minimum absolute atomic E-state index is 0.769. The van der Waals surface area contributed by atoms with Crippen LogP contribution in [-0.2, 0) is 0 Å². The fraction of sp³-hybridized carbons (Fsp3) is 0.545. The van der Waals surface area contributed by atoms with E-state index in [2.05, 4.69) is 73.4 Å². The summed E-state index contributed by atoms with van der Waals surface area (Å²) in [5.74, 6) is 2.62. The number of unbranched alkanes of at least 4 members (excludes halogenated alkanes) is 18. The van der Waals surface area contributed by atoms with Crippen molar-refractivity contribution in [2.45, 2.75) is 142 Å². The van der Waals surface area contributed by atoms with Crippen LogP contribution in [-0.4, -0.2) is 28.0 Å². The van der Waals surface area contributed by atoms with Crippen LogP contribution in [0.1, 0.15) is 142 Å². The highest BCUT2D eigenvalue weighted by Crippen LogP contribution is 2.30. The van der Waals surface area contributed by atoms with E-state index in [0.29, 0.717) is 0 Å². The molecule has 0 fully saturated rings. The largest absolute Gasteiger partial charge is 0.494 e. The molecule has 49 heavy (non-hydrogen) atoms. The Bertz CT molecular complexity index is 1380. The number of rotatable bonds is 27. The summed E-state index contributed by atoms with van der Waals surface area (Å²) in [6.07, 6.45) is 28.4. The number of pyridine rings is 1. The number of hydrogen-bond donors (Lipinski definition) is 0. The SMILES string of the molecule is CCCCCCCCCCCCOc1ccc(-c2cc(-c3ccc(OCCCCCCCCCCCC)cc3)n(-c3ccccn3)n2)cc1. The van der Waals surface area contributed by atoms with Gasteiger partial charge in [0, 0.05) is 17.3 Å². The zero-order valence-electron chi connectivity index (χ0n) is 30.7. The molecule has 0 atom stereocenters. The minimum atomic E-state index is 0.769. The van der Waals surface area contributed by atoms with E-state index in [9.17, 15) is 0 Å². The van der Waals surface area contributed by atoms with Crippen LogP contribution in [0.3, 0.4) is 0 Å². The van der Waals surface area contributed by atoms with E-state index in [1.54, 1.807) is 0 Å². The maximum atomic E-state index is 6.09. The van der Waals surface area contributed by atoms with Crippen LogP contribution in [0.25, 0.3) is 28.3 Å². The molecule has 0 aliphatic heterocycles. The lowest BCUT2D eigenvalue weighted by Crippen LogP contribution is -2.01. The van der Waals surface area contributed by atoms with E-state index in [-0.39, 0.29) is 0 Å². The van der Waals surface area contributed by atoms with Crippen molar-refractivity contribution in [2.75, 3.05) is 13.2 Å². The second kappa shape index (κ2) is 23.7. The van der Waals surface area contributed by atoms with E-state index >= 15 is 0 Å². The van der Waals surface area contributed by atoms with E-state index in [1.165, 1.54) is 116 Å². The minimum Gasteiger partial charge on any atom is -0.494 e. The third-order valence-electron chi connectivity index (χ3n) is 9.41. The first-order valence-corrected chi connectivity index (χ1v) is 19.8. The molecule has 0 bridgehead atoms. The monoisotopic (exact) mass is 665 g/mol. The summed E-state index contributed by atoms with van der Waals surface area (Å²) in [7, 11) is 0. The Labute approximate surface area is 297 Å². The highest BCUT2D eigenvalue weighted by atomic mass is 16.5. The van der Waals surface area contributed by atoms with E-state index in [0.717, 1.165) is 65.9 Å². The lowest BCUT2D eigenvalue weighted by atomic mass is 10.1. The predicted octanol–water partition coefficient (Wildman–Crippen LogP) is 13.2. The topological polar surface area (TPSA) is 49.2 Å². The molecule has 0 saturated heterocycles. The first-order chi connectivity index (χ1) is 24.3. The molecule has 0 saturated carbocycles. The molecule has 0 spiro atoms. The molecule has 5 nitrogen and oxygen atoms in total. The van der Waals surface area contributed by atoms with Gasteiger partial charge in [0.2, 0.25) is 0 Å². The van der Waals surface area contributed by atoms with Crippen LogP contribution in [0, 0.1) is 0 Å². The van der Waals surface area contributed by atoms with Crippen LogP contribution in [0.4, 0.5) is 0 Å². The van der Waals surface area contributed by atoms with Crippen LogP contribution in [0.15, 0.2) is 79.0 Å². The normalized spacial score (nSPS) is 11.2. The molecule has 2 aromatic carbocycles. The zero-order valence-corrected chi connectivity index (χ0v) is 30.7. The van der Waals surface area contributed by atoms with Gasteiger partial charge in [-0.1, -0.05) is 135 Å². The summed E-state index contributed by atoms with van der Waals surface area (Å²) in [4.78, 5) is 4.60. The highest BCUT2D eigenvalue weighted by Gasteiger charge is 2.14. The van der Waals surface area contributed by atoms with Crippen molar-refractivity contribution in [2.24, 2.45) is 0 Å². The lowest BCUT2D eigenvalue weighted by molar-refractivity contribution is 0.304. The molecule has 4 aromatic rings. The van der Waals surface area contributed by atoms with Gasteiger partial charge in [0.1, 0.15) is 11.5 Å². The molecule has 0 N–H and O–H groups in total. The number of aromatic nitrogens is 3. The second-order valence-corrected chi connectivity index (χ2v) is 13.6. The van der Waals surface area contributed by atoms with Crippen molar-refractivity contribution in [3.63, 3.8) is 0 Å². The Morgan fingerprint density at radius 2 is 0.939 bits per heavy atom. The molecule has 5 heteroatoms. The number of ether oxygens (including phenoxy) is 2. The van der Waals surface area contributed by atoms with Gasteiger partial charge in [-0.05, 0) is 79.6 Å². The van der Waals surface area contributed by atoms with Crippen LogP contribution in [0.5, 0.6) is 11.5 Å². The summed E-state index contributed by atoms with van der Waals surface area (Å²) in [6.45, 7) is 6.10. The van der Waals surface area contributed by atoms with Crippen molar-refractivity contribution in [3.8, 4) is 39.8 Å². The van der Waals surface area contributed by atoms with Crippen molar-refractivity contribution < 1.29 is 9.47 Å². The maximum Gasteiger partial charge on any atom is 0.153 e. The van der Waals surface area contributed by atoms with E-state index < -0.39 is 0 Å². The second-order valence-electron chi connectivity index (χ2n) is 13.6. The first kappa shape index (κ1) is 38.2. The van der Waals surface area contributed by atoms with Crippen molar-refractivity contribution in [1.29, 1.82) is 0 Å². The molecular formula is C44H63N3O2.